The molecule has 0 saturated carbocycles. The molecule has 3 aromatic carbocycles. The number of nitrogens with one attached hydrogen (secondary N) is 1. The third kappa shape index (κ3) is 5.60. The molecule has 9 heteroatoms. The highest BCUT2D eigenvalue weighted by molar-refractivity contribution is 5.93. The van der Waals surface area contributed by atoms with Gasteiger partial charge in [0.2, 0.25) is 0 Å². The van der Waals surface area contributed by atoms with Crippen LogP contribution in [0.2, 0.25) is 0 Å². The van der Waals surface area contributed by atoms with Crippen LogP contribution in [-0.4, -0.2) is 52.7 Å². The van der Waals surface area contributed by atoms with Crippen molar-refractivity contribution in [2.75, 3.05) is 38.2 Å². The topological polar surface area (TPSA) is 115 Å². The average molecular weight is 567 g/mol. The third-order valence-electron chi connectivity index (χ3n) is 7.76. The minimum atomic E-state index is -0.740. The summed E-state index contributed by atoms with van der Waals surface area (Å²) in [6.07, 6.45) is 3.36. The summed E-state index contributed by atoms with van der Waals surface area (Å²) in [5.74, 6) is 0.287. The Morgan fingerprint density at radius 2 is 1.81 bits per heavy atom. The van der Waals surface area contributed by atoms with Crippen LogP contribution in [0.3, 0.4) is 0 Å². The van der Waals surface area contributed by atoms with E-state index in [2.05, 4.69) is 16.9 Å². The first-order valence-electron chi connectivity index (χ1n) is 14.3. The molecule has 0 radical (unpaired) electrons. The number of anilines is 2. The molecule has 1 atom stereocenters. The lowest BCUT2D eigenvalue weighted by Crippen LogP contribution is -2.35. The summed E-state index contributed by atoms with van der Waals surface area (Å²) in [7, 11) is 2.08. The van der Waals surface area contributed by atoms with E-state index in [0.29, 0.717) is 40.9 Å². The van der Waals surface area contributed by atoms with Gasteiger partial charge in [0, 0.05) is 47.6 Å². The summed E-state index contributed by atoms with van der Waals surface area (Å²) in [4.78, 5) is 15.2. The van der Waals surface area contributed by atoms with E-state index < -0.39 is 11.7 Å². The van der Waals surface area contributed by atoms with Crippen LogP contribution in [0, 0.1) is 5.82 Å². The lowest BCUT2D eigenvalue weighted by atomic mass is 9.92. The molecule has 0 aliphatic carbocycles. The van der Waals surface area contributed by atoms with Gasteiger partial charge in [-0.25, -0.2) is 14.4 Å². The third-order valence-corrected chi connectivity index (χ3v) is 7.76. The maximum Gasteiger partial charge on any atom is 0.169 e. The Kier molecular flexibility index (Phi) is 7.67. The van der Waals surface area contributed by atoms with Crippen molar-refractivity contribution >= 4 is 22.3 Å². The predicted octanol–water partition coefficient (Wildman–Crippen LogP) is 5.98. The zero-order chi connectivity index (χ0) is 29.2. The van der Waals surface area contributed by atoms with Gasteiger partial charge < -0.3 is 30.8 Å². The van der Waals surface area contributed by atoms with Gasteiger partial charge in [0.25, 0.3) is 0 Å². The van der Waals surface area contributed by atoms with Crippen molar-refractivity contribution in [1.82, 2.24) is 19.9 Å². The van der Waals surface area contributed by atoms with Gasteiger partial charge in [-0.15, -0.1) is 0 Å². The van der Waals surface area contributed by atoms with E-state index in [1.165, 1.54) is 0 Å². The fraction of sp³-hybridized carbons (Fsp3) is 0.273. The summed E-state index contributed by atoms with van der Waals surface area (Å²) < 4.78 is 28.8. The quantitative estimate of drug-likeness (QED) is 0.198. The van der Waals surface area contributed by atoms with E-state index in [-0.39, 0.29) is 11.9 Å². The Bertz CT molecular complexity index is 1700. The van der Waals surface area contributed by atoms with Gasteiger partial charge in [-0.1, -0.05) is 30.3 Å². The number of aromatic amines is 1. The zero-order valence-electron chi connectivity index (χ0n) is 23.8. The molecular weight excluding hydrogens is 531 g/mol. The number of nitrogens with two attached hydrogens (primary N) is 2. The first kappa shape index (κ1) is 27.5. The number of hydrogen-bond acceptors (Lipinski definition) is 7. The number of nitrogen functional groups attached to an aromatic ring is 2. The number of likely N-dealkylation sites (tertiary alicyclic amines) is 1. The molecule has 0 amide bonds. The molecule has 1 saturated heterocycles. The number of fused-ring (bicyclic) bond motifs is 1. The first-order chi connectivity index (χ1) is 20.4. The molecule has 1 unspecified atom stereocenters. The molecule has 6 rings (SSSR count). The van der Waals surface area contributed by atoms with Crippen molar-refractivity contribution in [2.24, 2.45) is 0 Å². The highest BCUT2D eigenvalue weighted by atomic mass is 19.1. The molecule has 1 aliphatic heterocycles. The lowest BCUT2D eigenvalue weighted by Gasteiger charge is -2.30. The van der Waals surface area contributed by atoms with E-state index in [9.17, 15) is 0 Å². The van der Waals surface area contributed by atoms with Crippen molar-refractivity contribution in [1.29, 1.82) is 0 Å². The number of rotatable bonds is 8. The number of benzene rings is 3. The molecule has 1 fully saturated rings. The van der Waals surface area contributed by atoms with Gasteiger partial charge in [0.1, 0.15) is 23.5 Å². The highest BCUT2D eigenvalue weighted by Crippen LogP contribution is 2.40. The largest absolute Gasteiger partial charge is 0.494 e. The number of aromatic nitrogens is 3. The number of imidazole rings is 1. The van der Waals surface area contributed by atoms with Crippen LogP contribution in [0.15, 0.2) is 72.9 Å². The molecule has 3 heterocycles. The van der Waals surface area contributed by atoms with Crippen molar-refractivity contribution < 1.29 is 13.9 Å². The Hall–Kier alpha value is -4.63. The number of piperidine rings is 1. The fourth-order valence-corrected chi connectivity index (χ4v) is 5.58. The Balaban J connectivity index is 1.51. The van der Waals surface area contributed by atoms with E-state index >= 15 is 4.39 Å². The van der Waals surface area contributed by atoms with Crippen molar-refractivity contribution in [3.05, 3.63) is 95.8 Å². The van der Waals surface area contributed by atoms with Crippen LogP contribution in [0.25, 0.3) is 22.0 Å². The van der Waals surface area contributed by atoms with Crippen LogP contribution < -0.4 is 20.9 Å². The van der Waals surface area contributed by atoms with Gasteiger partial charge in [-0.2, -0.15) is 0 Å². The van der Waals surface area contributed by atoms with Gasteiger partial charge >= 0.3 is 0 Å². The molecule has 1 aliphatic rings. The lowest BCUT2D eigenvalue weighted by molar-refractivity contribution is 0.109. The molecule has 42 heavy (non-hydrogen) atoms. The summed E-state index contributed by atoms with van der Waals surface area (Å²) in [5.41, 5.74) is 15.7. The van der Waals surface area contributed by atoms with Crippen LogP contribution in [0.5, 0.6) is 11.5 Å². The molecule has 0 spiro atoms. The van der Waals surface area contributed by atoms with Crippen LogP contribution >= 0.6 is 0 Å². The second-order valence-corrected chi connectivity index (χ2v) is 10.8. The summed E-state index contributed by atoms with van der Waals surface area (Å²) >= 11 is 0. The summed E-state index contributed by atoms with van der Waals surface area (Å²) in [6.45, 7) is 4.10. The minimum absolute atomic E-state index is 0.0930. The summed E-state index contributed by atoms with van der Waals surface area (Å²) in [6, 6.07) is 20.5. The van der Waals surface area contributed by atoms with Gasteiger partial charge in [-0.3, -0.25) is 0 Å². The minimum Gasteiger partial charge on any atom is -0.494 e. The van der Waals surface area contributed by atoms with E-state index in [1.807, 2.05) is 61.7 Å². The maximum absolute atomic E-state index is 16.6. The predicted molar refractivity (Wildman–Crippen MR) is 164 cm³/mol. The first-order valence-corrected chi connectivity index (χ1v) is 14.3. The average Bonchev–Trinajstić information content (AvgIpc) is 3.47. The number of H-pyrrole nitrogens is 1. The molecule has 0 bridgehead atoms. The number of halogens is 1. The van der Waals surface area contributed by atoms with Gasteiger partial charge in [-0.05, 0) is 62.5 Å². The molecule has 216 valence electrons. The van der Waals surface area contributed by atoms with Crippen LogP contribution in [0.4, 0.5) is 15.9 Å². The Morgan fingerprint density at radius 1 is 1.02 bits per heavy atom. The van der Waals surface area contributed by atoms with Gasteiger partial charge in [0.15, 0.2) is 11.6 Å². The molecular formula is C33H35FN6O2. The van der Waals surface area contributed by atoms with E-state index in [1.54, 1.807) is 18.2 Å². The van der Waals surface area contributed by atoms with Crippen LogP contribution in [0.1, 0.15) is 42.8 Å². The fourth-order valence-electron chi connectivity index (χ4n) is 5.58. The second-order valence-electron chi connectivity index (χ2n) is 10.8. The number of ether oxygens (including phenoxy) is 2. The maximum atomic E-state index is 16.6. The number of hydrogen-bond donors (Lipinski definition) is 3. The van der Waals surface area contributed by atoms with E-state index in [4.69, 9.17) is 30.9 Å². The van der Waals surface area contributed by atoms with Crippen molar-refractivity contribution in [3.8, 4) is 22.8 Å². The Morgan fingerprint density at radius 3 is 2.57 bits per heavy atom. The molecule has 5 aromatic rings. The highest BCUT2D eigenvalue weighted by Gasteiger charge is 2.30. The monoisotopic (exact) mass is 566 g/mol. The molecule has 2 aromatic heterocycles. The normalized spacial score (nSPS) is 15.1. The molecule has 8 nitrogen and oxygen atoms in total. The number of pyridine rings is 1. The van der Waals surface area contributed by atoms with Crippen molar-refractivity contribution in [2.45, 2.75) is 31.8 Å². The molecule has 5 N–H and O–H groups in total. The van der Waals surface area contributed by atoms with Crippen molar-refractivity contribution in [3.63, 3.8) is 0 Å². The van der Waals surface area contributed by atoms with E-state index in [0.717, 1.165) is 48.0 Å². The Labute approximate surface area is 244 Å². The smallest absolute Gasteiger partial charge is 0.169 e. The van der Waals surface area contributed by atoms with Crippen LogP contribution in [-0.2, 0) is 0 Å². The standard InChI is InChI=1S/C33H35FN6O2/c1-3-41-24-17-26(31(34)29(18-24)42-23-11-13-40(2)14-12-23)30(33-37-19-28(39-33)20-7-5-4-6-8-20)27-16-21-15-22(35)9-10-25(21)32(36)38-27/h4-10,15-19,23,30H,3,11-14,35H2,1-2H3,(H2,36,38)(H,37,39). The zero-order valence-corrected chi connectivity index (χ0v) is 23.8. The number of nitrogens with zero attached hydrogens (tertiary/aromatic N) is 3. The second kappa shape index (κ2) is 11.7. The summed E-state index contributed by atoms with van der Waals surface area (Å²) in [5, 5.41) is 1.58. The van der Waals surface area contributed by atoms with Gasteiger partial charge in [0.05, 0.1) is 23.9 Å². The SMILES string of the molecule is CCOc1cc(OC2CCN(C)CC2)c(F)c(C(c2cc3cc(N)ccc3c(N)n2)c2nc(-c3ccccc3)c[nH]2)c1.